The van der Waals surface area contributed by atoms with Gasteiger partial charge in [0.25, 0.3) is 0 Å². The van der Waals surface area contributed by atoms with Gasteiger partial charge < -0.3 is 14.2 Å². The summed E-state index contributed by atoms with van der Waals surface area (Å²) in [5, 5.41) is 0. The summed E-state index contributed by atoms with van der Waals surface area (Å²) in [6.07, 6.45) is -0.643. The summed E-state index contributed by atoms with van der Waals surface area (Å²) < 4.78 is 51.0. The molecule has 2 aliphatic rings. The molecular weight excluding hydrogens is 327 g/mol. The number of hydrogen-bond acceptors (Lipinski definition) is 5. The average molecular weight is 351 g/mol. The van der Waals surface area contributed by atoms with Crippen LogP contribution in [0.5, 0.6) is 0 Å². The van der Waals surface area contributed by atoms with Crippen LogP contribution >= 0.6 is 0 Å². The Bertz CT molecular complexity index is 447. The van der Waals surface area contributed by atoms with E-state index < -0.39 is 6.36 Å². The van der Waals surface area contributed by atoms with Gasteiger partial charge in [0.1, 0.15) is 5.76 Å². The van der Waals surface area contributed by atoms with Crippen LogP contribution in [-0.4, -0.2) is 55.7 Å². The fourth-order valence-corrected chi connectivity index (χ4v) is 2.89. The summed E-state index contributed by atoms with van der Waals surface area (Å²) in [4.78, 5) is 13.4. The molecule has 5 nitrogen and oxygen atoms in total. The summed E-state index contributed by atoms with van der Waals surface area (Å²) >= 11 is 0. The van der Waals surface area contributed by atoms with Crippen LogP contribution in [0.1, 0.15) is 39.0 Å². The van der Waals surface area contributed by atoms with E-state index in [1.54, 1.807) is 6.92 Å². The fourth-order valence-electron chi connectivity index (χ4n) is 2.89. The summed E-state index contributed by atoms with van der Waals surface area (Å²) in [5.41, 5.74) is 0. The zero-order valence-electron chi connectivity index (χ0n) is 13.8. The van der Waals surface area contributed by atoms with Crippen molar-refractivity contribution in [2.45, 2.75) is 57.6 Å². The first-order valence-electron chi connectivity index (χ1n) is 8.34. The van der Waals surface area contributed by atoms with Crippen LogP contribution in [-0.2, 0) is 19.0 Å². The molecule has 0 radical (unpaired) electrons. The van der Waals surface area contributed by atoms with E-state index in [-0.39, 0.29) is 30.4 Å². The molecule has 1 unspecified atom stereocenters. The van der Waals surface area contributed by atoms with Crippen LogP contribution in [0.15, 0.2) is 11.8 Å². The van der Waals surface area contributed by atoms with Crippen molar-refractivity contribution in [1.29, 1.82) is 0 Å². The van der Waals surface area contributed by atoms with Gasteiger partial charge in [-0.3, -0.25) is 9.69 Å². The summed E-state index contributed by atoms with van der Waals surface area (Å²) in [5.74, 6) is -0.187. The van der Waals surface area contributed by atoms with Crippen LogP contribution < -0.4 is 0 Å². The number of likely N-dealkylation sites (tertiary alicyclic amines) is 1. The second-order valence-electron chi connectivity index (χ2n) is 6.04. The van der Waals surface area contributed by atoms with Gasteiger partial charge in [-0.1, -0.05) is 0 Å². The van der Waals surface area contributed by atoms with Gasteiger partial charge in [-0.15, -0.1) is 13.2 Å². The highest BCUT2D eigenvalue weighted by Gasteiger charge is 2.34. The van der Waals surface area contributed by atoms with Gasteiger partial charge in [-0.2, -0.15) is 0 Å². The number of carbonyl (C=O) groups is 1. The van der Waals surface area contributed by atoms with E-state index in [0.29, 0.717) is 25.9 Å². The van der Waals surface area contributed by atoms with Crippen molar-refractivity contribution >= 4 is 5.97 Å². The van der Waals surface area contributed by atoms with E-state index in [4.69, 9.17) is 9.47 Å². The first-order chi connectivity index (χ1) is 11.4. The average Bonchev–Trinajstić information content (AvgIpc) is 2.45. The Kier molecular flexibility index (Phi) is 6.91. The van der Waals surface area contributed by atoms with Gasteiger partial charge in [0.2, 0.25) is 0 Å². The lowest BCUT2D eigenvalue weighted by atomic mass is 10.0. The first-order valence-corrected chi connectivity index (χ1v) is 8.34. The van der Waals surface area contributed by atoms with Crippen molar-refractivity contribution in [2.24, 2.45) is 0 Å². The van der Waals surface area contributed by atoms with Gasteiger partial charge in [0, 0.05) is 25.9 Å². The summed E-state index contributed by atoms with van der Waals surface area (Å²) in [6, 6.07) is 0. The molecule has 24 heavy (non-hydrogen) atoms. The molecule has 1 aliphatic heterocycles. The van der Waals surface area contributed by atoms with Gasteiger partial charge in [0.05, 0.1) is 18.8 Å². The van der Waals surface area contributed by atoms with E-state index in [1.165, 1.54) is 6.08 Å². The second kappa shape index (κ2) is 8.71. The summed E-state index contributed by atoms with van der Waals surface area (Å²) in [7, 11) is 0. The van der Waals surface area contributed by atoms with Gasteiger partial charge >= 0.3 is 12.3 Å². The highest BCUT2D eigenvalue weighted by Crippen LogP contribution is 2.29. The van der Waals surface area contributed by atoms with Crippen molar-refractivity contribution in [3.05, 3.63) is 11.8 Å². The van der Waals surface area contributed by atoms with Crippen LogP contribution in [0.25, 0.3) is 0 Å². The molecule has 0 saturated carbocycles. The lowest BCUT2D eigenvalue weighted by Gasteiger charge is -2.41. The van der Waals surface area contributed by atoms with Gasteiger partial charge in [-0.25, -0.2) is 0 Å². The standard InChI is InChI=1S/C16H24F3NO4/c1-2-22-15(21)4-3-9-20-10-14(11-20)23-12-5-7-13(8-6-12)24-16(17,18)19/h7,12,14H,2-6,8-11H2,1H3. The Balaban J connectivity index is 1.55. The van der Waals surface area contributed by atoms with Crippen LogP contribution in [0, 0.1) is 0 Å². The Morgan fingerprint density at radius 3 is 2.67 bits per heavy atom. The van der Waals surface area contributed by atoms with Crippen molar-refractivity contribution in [1.82, 2.24) is 4.90 Å². The monoisotopic (exact) mass is 351 g/mol. The zero-order valence-corrected chi connectivity index (χ0v) is 13.8. The zero-order chi connectivity index (χ0) is 17.6. The molecule has 0 bridgehead atoms. The number of halogens is 3. The maximum atomic E-state index is 12.1. The third kappa shape index (κ3) is 6.68. The molecule has 0 N–H and O–H groups in total. The number of nitrogens with zero attached hydrogens (tertiary/aromatic N) is 1. The molecule has 0 amide bonds. The van der Waals surface area contributed by atoms with Gasteiger partial charge in [0.15, 0.2) is 0 Å². The Morgan fingerprint density at radius 2 is 2.08 bits per heavy atom. The number of rotatable bonds is 8. The van der Waals surface area contributed by atoms with Crippen molar-refractivity contribution in [3.8, 4) is 0 Å². The maximum Gasteiger partial charge on any atom is 0.572 e. The smallest absolute Gasteiger partial charge is 0.466 e. The number of carbonyl (C=O) groups excluding carboxylic acids is 1. The van der Waals surface area contributed by atoms with Crippen LogP contribution in [0.3, 0.4) is 0 Å². The molecule has 2 rings (SSSR count). The van der Waals surface area contributed by atoms with E-state index in [9.17, 15) is 18.0 Å². The summed E-state index contributed by atoms with van der Waals surface area (Å²) in [6.45, 7) is 4.62. The molecule has 1 heterocycles. The van der Waals surface area contributed by atoms with E-state index in [0.717, 1.165) is 26.1 Å². The number of allylic oxidation sites excluding steroid dienone is 1. The van der Waals surface area contributed by atoms with E-state index >= 15 is 0 Å². The Hall–Kier alpha value is -1.28. The third-order valence-electron chi connectivity index (χ3n) is 4.04. The minimum atomic E-state index is -4.61. The second-order valence-corrected chi connectivity index (χ2v) is 6.04. The highest BCUT2D eigenvalue weighted by atomic mass is 19.4. The molecule has 0 spiro atoms. The molecule has 1 saturated heterocycles. The molecule has 8 heteroatoms. The predicted molar refractivity (Wildman–Crippen MR) is 80.0 cm³/mol. The topological polar surface area (TPSA) is 48.0 Å². The van der Waals surface area contributed by atoms with E-state index in [1.807, 2.05) is 0 Å². The fraction of sp³-hybridized carbons (Fsp3) is 0.812. The maximum absolute atomic E-state index is 12.1. The predicted octanol–water partition coefficient (Wildman–Crippen LogP) is 3.00. The minimum absolute atomic E-state index is 0.0171. The Labute approximate surface area is 139 Å². The first kappa shape index (κ1) is 19.1. The van der Waals surface area contributed by atoms with Crippen molar-refractivity contribution < 1.29 is 32.2 Å². The quantitative estimate of drug-likeness (QED) is 0.629. The van der Waals surface area contributed by atoms with Crippen molar-refractivity contribution in [3.63, 3.8) is 0 Å². The number of ether oxygens (including phenoxy) is 3. The highest BCUT2D eigenvalue weighted by molar-refractivity contribution is 5.69. The number of esters is 1. The molecule has 0 aromatic rings. The molecule has 1 aliphatic carbocycles. The normalized spacial score (nSPS) is 22.7. The van der Waals surface area contributed by atoms with Crippen LogP contribution in [0.2, 0.25) is 0 Å². The minimum Gasteiger partial charge on any atom is -0.466 e. The molecule has 138 valence electrons. The SMILES string of the molecule is CCOC(=O)CCCN1CC(OC2CC=C(OC(F)(F)F)CC2)C1. The largest absolute Gasteiger partial charge is 0.572 e. The molecule has 0 aromatic carbocycles. The molecule has 1 atom stereocenters. The number of hydrogen-bond donors (Lipinski definition) is 0. The lowest BCUT2D eigenvalue weighted by molar-refractivity contribution is -0.307. The Morgan fingerprint density at radius 1 is 1.33 bits per heavy atom. The lowest BCUT2D eigenvalue weighted by Crippen LogP contribution is -2.53. The molecule has 0 aromatic heterocycles. The van der Waals surface area contributed by atoms with Crippen LogP contribution in [0.4, 0.5) is 13.2 Å². The third-order valence-corrected chi connectivity index (χ3v) is 4.04. The molecule has 1 fully saturated rings. The van der Waals surface area contributed by atoms with Gasteiger partial charge in [-0.05, 0) is 38.8 Å². The van der Waals surface area contributed by atoms with Crippen molar-refractivity contribution in [2.75, 3.05) is 26.2 Å². The number of alkyl halides is 3. The van der Waals surface area contributed by atoms with E-state index in [2.05, 4.69) is 9.64 Å². The molecular formula is C16H24F3NO4.